The van der Waals surface area contributed by atoms with Crippen LogP contribution >= 0.6 is 0 Å². The first-order chi connectivity index (χ1) is 9.58. The lowest BCUT2D eigenvalue weighted by molar-refractivity contribution is -0.280. The number of methoxy groups -OCH3 is 2. The highest BCUT2D eigenvalue weighted by Crippen LogP contribution is 2.28. The van der Waals surface area contributed by atoms with E-state index in [4.69, 9.17) is 29.6 Å². The maximum Gasteiger partial charge on any atom is 0.329 e. The van der Waals surface area contributed by atoms with Crippen molar-refractivity contribution in [3.8, 4) is 0 Å². The normalized spacial score (nSPS) is 33.5. The van der Waals surface area contributed by atoms with Crippen molar-refractivity contribution >= 4 is 5.97 Å². The third kappa shape index (κ3) is 3.79. The number of ether oxygens (including phenoxy) is 4. The molecular weight excluding hydrogens is 274 g/mol. The van der Waals surface area contributed by atoms with Crippen LogP contribution in [0.5, 0.6) is 0 Å². The van der Waals surface area contributed by atoms with Crippen molar-refractivity contribution in [2.45, 2.75) is 30.6 Å². The second-order valence-electron chi connectivity index (χ2n) is 4.03. The number of hydrogen-bond acceptors (Lipinski definition) is 7. The molecule has 0 aromatic rings. The fourth-order valence-corrected chi connectivity index (χ4v) is 2.06. The summed E-state index contributed by atoms with van der Waals surface area (Å²) < 4.78 is 20.8. The average molecular weight is 291 g/mol. The van der Waals surface area contributed by atoms with Crippen molar-refractivity contribution in [2.75, 3.05) is 27.4 Å². The minimum atomic E-state index is -1.18. The maximum atomic E-state index is 10.6. The van der Waals surface area contributed by atoms with Gasteiger partial charge in [-0.2, -0.15) is 0 Å². The van der Waals surface area contributed by atoms with Crippen LogP contribution in [0.15, 0.2) is 5.11 Å². The van der Waals surface area contributed by atoms with Crippen molar-refractivity contribution in [3.63, 3.8) is 0 Å². The van der Waals surface area contributed by atoms with Crippen molar-refractivity contribution < 1.29 is 34.0 Å². The molecule has 0 aromatic carbocycles. The molecule has 0 radical (unpaired) electrons. The first-order valence-electron chi connectivity index (χ1n) is 5.78. The second kappa shape index (κ2) is 8.00. The molecule has 10 nitrogen and oxygen atoms in total. The predicted octanol–water partition coefficient (Wildman–Crippen LogP) is -0.486. The van der Waals surface area contributed by atoms with Crippen LogP contribution < -0.4 is 0 Å². The van der Waals surface area contributed by atoms with Gasteiger partial charge in [0, 0.05) is 19.1 Å². The highest BCUT2D eigenvalue weighted by molar-refractivity contribution is 5.68. The summed E-state index contributed by atoms with van der Waals surface area (Å²) in [6.45, 7) is -0.979. The molecule has 0 unspecified atom stereocenters. The van der Waals surface area contributed by atoms with Gasteiger partial charge in [-0.25, -0.2) is 4.79 Å². The molecule has 0 saturated carbocycles. The van der Waals surface area contributed by atoms with Crippen LogP contribution in [0.1, 0.15) is 0 Å². The van der Waals surface area contributed by atoms with E-state index in [1.807, 2.05) is 0 Å². The lowest BCUT2D eigenvalue weighted by Gasteiger charge is -2.42. The summed E-state index contributed by atoms with van der Waals surface area (Å²) in [6, 6.07) is -0.889. The van der Waals surface area contributed by atoms with Crippen molar-refractivity contribution in [1.29, 1.82) is 0 Å². The molecule has 1 aliphatic heterocycles. The van der Waals surface area contributed by atoms with Gasteiger partial charge in [0.15, 0.2) is 6.29 Å². The van der Waals surface area contributed by atoms with E-state index < -0.39 is 43.2 Å². The number of aliphatic hydroxyl groups is 1. The first-order valence-corrected chi connectivity index (χ1v) is 5.78. The molecule has 0 aromatic heterocycles. The number of hydrogen-bond donors (Lipinski definition) is 2. The zero-order valence-corrected chi connectivity index (χ0v) is 11.1. The van der Waals surface area contributed by atoms with E-state index >= 15 is 0 Å². The Kier molecular flexibility index (Phi) is 6.65. The Labute approximate surface area is 114 Å². The summed E-state index contributed by atoms with van der Waals surface area (Å²) in [5, 5.41) is 21.5. The molecule has 0 bridgehead atoms. The molecule has 5 atom stereocenters. The monoisotopic (exact) mass is 291 g/mol. The van der Waals surface area contributed by atoms with Crippen molar-refractivity contribution in [1.82, 2.24) is 0 Å². The van der Waals surface area contributed by atoms with E-state index in [0.29, 0.717) is 0 Å². The van der Waals surface area contributed by atoms with Gasteiger partial charge < -0.3 is 29.2 Å². The molecule has 0 aliphatic carbocycles. The van der Waals surface area contributed by atoms with E-state index in [1.54, 1.807) is 0 Å². The van der Waals surface area contributed by atoms with E-state index in [2.05, 4.69) is 10.0 Å². The summed E-state index contributed by atoms with van der Waals surface area (Å²) in [5.41, 5.74) is 8.63. The van der Waals surface area contributed by atoms with Crippen LogP contribution in [0.3, 0.4) is 0 Å². The van der Waals surface area contributed by atoms with E-state index in [-0.39, 0.29) is 6.61 Å². The molecule has 1 rings (SSSR count). The van der Waals surface area contributed by atoms with Crippen LogP contribution in [0.4, 0.5) is 0 Å². The van der Waals surface area contributed by atoms with Crippen molar-refractivity contribution in [2.24, 2.45) is 5.11 Å². The van der Waals surface area contributed by atoms with Gasteiger partial charge in [-0.3, -0.25) is 0 Å². The van der Waals surface area contributed by atoms with Crippen LogP contribution in [-0.2, 0) is 23.7 Å². The molecule has 0 spiro atoms. The Morgan fingerprint density at radius 2 is 2.10 bits per heavy atom. The molecular formula is C10H17N3O7. The molecule has 0 amide bonds. The molecule has 114 valence electrons. The van der Waals surface area contributed by atoms with Gasteiger partial charge >= 0.3 is 5.97 Å². The van der Waals surface area contributed by atoms with E-state index in [9.17, 15) is 9.90 Å². The van der Waals surface area contributed by atoms with Gasteiger partial charge in [-0.05, 0) is 5.53 Å². The maximum absolute atomic E-state index is 10.6. The van der Waals surface area contributed by atoms with Crippen LogP contribution in [0.2, 0.25) is 0 Å². The highest BCUT2D eigenvalue weighted by Gasteiger charge is 2.47. The summed E-state index contributed by atoms with van der Waals surface area (Å²) in [6.07, 6.45) is -3.49. The number of carboxylic acids is 1. The smallest absolute Gasteiger partial charge is 0.329 e. The standard InChI is InChI=1S/C10H17N3O7/c1-17-8-5(3-14)20-10(18-2)9(7(8)12-13-11)19-4-6(15)16/h5,7-10,14H,3-4H2,1-2H3,(H,15,16)/t5-,7+,8-,9-,10-/m1/s1. The van der Waals surface area contributed by atoms with Gasteiger partial charge in [0.25, 0.3) is 0 Å². The number of aliphatic carboxylic acids is 1. The molecule has 10 heteroatoms. The zero-order chi connectivity index (χ0) is 15.1. The third-order valence-corrected chi connectivity index (χ3v) is 2.89. The number of carbonyl (C=O) groups is 1. The van der Waals surface area contributed by atoms with Crippen molar-refractivity contribution in [3.05, 3.63) is 10.4 Å². The fourth-order valence-electron chi connectivity index (χ4n) is 2.06. The number of carboxylic acid groups (broad SMARTS) is 1. The minimum absolute atomic E-state index is 0.374. The minimum Gasteiger partial charge on any atom is -0.480 e. The topological polar surface area (TPSA) is 143 Å². The Morgan fingerprint density at radius 1 is 1.40 bits per heavy atom. The van der Waals surface area contributed by atoms with Gasteiger partial charge in [-0.15, -0.1) is 0 Å². The van der Waals surface area contributed by atoms with Crippen LogP contribution in [0.25, 0.3) is 10.4 Å². The number of rotatable bonds is 7. The van der Waals surface area contributed by atoms with Crippen LogP contribution in [0, 0.1) is 0 Å². The van der Waals surface area contributed by atoms with Gasteiger partial charge in [0.05, 0.1) is 18.8 Å². The predicted molar refractivity (Wildman–Crippen MR) is 63.9 cm³/mol. The summed E-state index contributed by atoms with van der Waals surface area (Å²) >= 11 is 0. The van der Waals surface area contributed by atoms with Gasteiger partial charge in [0.2, 0.25) is 0 Å². The molecule has 2 N–H and O–H groups in total. The summed E-state index contributed by atoms with van der Waals surface area (Å²) in [4.78, 5) is 13.3. The quantitative estimate of drug-likeness (QED) is 0.366. The third-order valence-electron chi connectivity index (χ3n) is 2.89. The lowest BCUT2D eigenvalue weighted by Crippen LogP contribution is -2.59. The Morgan fingerprint density at radius 3 is 2.55 bits per heavy atom. The second-order valence-corrected chi connectivity index (χ2v) is 4.03. The first kappa shape index (κ1) is 16.6. The lowest BCUT2D eigenvalue weighted by atomic mass is 9.96. The van der Waals surface area contributed by atoms with E-state index in [1.165, 1.54) is 14.2 Å². The summed E-state index contributed by atoms with van der Waals surface area (Å²) in [5.74, 6) is -1.18. The Balaban J connectivity index is 2.99. The van der Waals surface area contributed by atoms with Gasteiger partial charge in [-0.1, -0.05) is 5.11 Å². The van der Waals surface area contributed by atoms with Gasteiger partial charge in [0.1, 0.15) is 18.8 Å². The molecule has 1 heterocycles. The molecule has 1 saturated heterocycles. The molecule has 1 fully saturated rings. The molecule has 20 heavy (non-hydrogen) atoms. The largest absolute Gasteiger partial charge is 0.480 e. The highest BCUT2D eigenvalue weighted by atomic mass is 16.7. The number of aliphatic hydroxyl groups excluding tert-OH is 1. The molecule has 1 aliphatic rings. The SMILES string of the molecule is CO[C@@H]1O[C@H](CO)[C@@H](OC)[C@H](N=[N+]=[N-])[C@H]1OCC(=O)O. The average Bonchev–Trinajstić information content (AvgIpc) is 2.44. The van der Waals surface area contributed by atoms with Crippen LogP contribution in [-0.4, -0.2) is 74.3 Å². The Hall–Kier alpha value is -1.42. The summed E-state index contributed by atoms with van der Waals surface area (Å²) in [7, 11) is 2.69. The fraction of sp³-hybridized carbons (Fsp3) is 0.900. The number of nitrogens with zero attached hydrogens (tertiary/aromatic N) is 3. The van der Waals surface area contributed by atoms with E-state index in [0.717, 1.165) is 0 Å². The number of azide groups is 1. The Bertz CT molecular complexity index is 374. The zero-order valence-electron chi connectivity index (χ0n) is 11.1.